The van der Waals surface area contributed by atoms with Crippen LogP contribution in [0.3, 0.4) is 0 Å². The summed E-state index contributed by atoms with van der Waals surface area (Å²) < 4.78 is 4.72. The van der Waals surface area contributed by atoms with Crippen LogP contribution in [0.25, 0.3) is 0 Å². The number of allylic oxidation sites excluding steroid dienone is 1. The van der Waals surface area contributed by atoms with E-state index in [1.165, 1.54) is 7.11 Å². The van der Waals surface area contributed by atoms with Gasteiger partial charge in [0.25, 0.3) is 0 Å². The van der Waals surface area contributed by atoms with E-state index < -0.39 is 11.9 Å². The summed E-state index contributed by atoms with van der Waals surface area (Å²) in [6.45, 7) is 4.32. The maximum absolute atomic E-state index is 13.1. The van der Waals surface area contributed by atoms with E-state index in [1.807, 2.05) is 32.0 Å². The maximum atomic E-state index is 13.1. The van der Waals surface area contributed by atoms with E-state index in [0.717, 1.165) is 11.3 Å². The number of methoxy groups -OCH3 is 1. The lowest BCUT2D eigenvalue weighted by Crippen LogP contribution is -2.31. The van der Waals surface area contributed by atoms with E-state index in [0.29, 0.717) is 30.0 Å². The molecule has 2 aliphatic rings. The zero-order valence-corrected chi connectivity index (χ0v) is 15.9. The first-order valence-electron chi connectivity index (χ1n) is 8.61. The number of Topliss-reactive ketones (excluding diaryl/α,β-unsaturated/α-hetero) is 1. The van der Waals surface area contributed by atoms with Crippen molar-refractivity contribution >= 4 is 29.3 Å². The Morgan fingerprint density at radius 2 is 1.96 bits per heavy atom. The molecule has 1 unspecified atom stereocenters. The van der Waals surface area contributed by atoms with E-state index >= 15 is 0 Å². The third kappa shape index (κ3) is 3.40. The molecule has 1 amide bonds. The van der Waals surface area contributed by atoms with E-state index in [2.05, 4.69) is 0 Å². The molecule has 0 saturated carbocycles. The summed E-state index contributed by atoms with van der Waals surface area (Å²) in [4.78, 5) is 39.3. The van der Waals surface area contributed by atoms with Crippen LogP contribution in [0, 0.1) is 11.3 Å². The number of nitrogens with zero attached hydrogens (tertiary/aromatic N) is 1. The van der Waals surface area contributed by atoms with Gasteiger partial charge in [-0.05, 0) is 23.5 Å². The summed E-state index contributed by atoms with van der Waals surface area (Å²) in [6, 6.07) is 7.32. The first-order chi connectivity index (χ1) is 12.2. The van der Waals surface area contributed by atoms with Crippen molar-refractivity contribution in [3.8, 4) is 0 Å². The Morgan fingerprint density at radius 3 is 2.62 bits per heavy atom. The molecule has 3 rings (SSSR count). The fourth-order valence-electron chi connectivity index (χ4n) is 3.79. The largest absolute Gasteiger partial charge is 0.469 e. The highest BCUT2D eigenvalue weighted by Crippen LogP contribution is 2.46. The zero-order chi connectivity index (χ0) is 19.1. The van der Waals surface area contributed by atoms with Gasteiger partial charge in [0.2, 0.25) is 5.91 Å². The van der Waals surface area contributed by atoms with Crippen molar-refractivity contribution in [1.29, 1.82) is 0 Å². The van der Waals surface area contributed by atoms with Crippen LogP contribution in [0.2, 0.25) is 5.02 Å². The molecule has 1 heterocycles. The molecule has 1 aliphatic heterocycles. The van der Waals surface area contributed by atoms with E-state index in [9.17, 15) is 14.4 Å². The standard InChI is InChI=1S/C20H22ClNO4/c1-20(2)9-15-18(16(23)10-20)13(8-17(24)26-3)19(25)22(15)11-12-6-4-5-7-14(12)21/h4-7,13H,8-11H2,1-3H3. The van der Waals surface area contributed by atoms with Gasteiger partial charge in [0.15, 0.2) is 5.78 Å². The molecule has 1 aromatic carbocycles. The third-order valence-corrected chi connectivity index (χ3v) is 5.39. The van der Waals surface area contributed by atoms with Crippen molar-refractivity contribution in [2.24, 2.45) is 11.3 Å². The summed E-state index contributed by atoms with van der Waals surface area (Å²) in [5.74, 6) is -1.54. The van der Waals surface area contributed by atoms with Crippen molar-refractivity contribution in [1.82, 2.24) is 4.90 Å². The van der Waals surface area contributed by atoms with Gasteiger partial charge in [-0.25, -0.2) is 0 Å². The SMILES string of the molecule is COC(=O)CC1C(=O)N(Cc2ccccc2Cl)C2=C1C(=O)CC(C)(C)C2. The number of benzene rings is 1. The van der Waals surface area contributed by atoms with Crippen LogP contribution in [0.1, 0.15) is 38.7 Å². The number of esters is 1. The van der Waals surface area contributed by atoms with Gasteiger partial charge in [0.1, 0.15) is 0 Å². The second-order valence-corrected chi connectivity index (χ2v) is 8.06. The highest BCUT2D eigenvalue weighted by atomic mass is 35.5. The minimum Gasteiger partial charge on any atom is -0.469 e. The summed E-state index contributed by atoms with van der Waals surface area (Å²) in [7, 11) is 1.28. The molecule has 1 aliphatic carbocycles. The van der Waals surface area contributed by atoms with Crippen LogP contribution < -0.4 is 0 Å². The highest BCUT2D eigenvalue weighted by Gasteiger charge is 2.48. The quantitative estimate of drug-likeness (QED) is 0.755. The fraction of sp³-hybridized carbons (Fsp3) is 0.450. The van der Waals surface area contributed by atoms with Crippen LogP contribution in [-0.2, 0) is 25.7 Å². The lowest BCUT2D eigenvalue weighted by Gasteiger charge is -2.33. The second-order valence-electron chi connectivity index (χ2n) is 7.65. The smallest absolute Gasteiger partial charge is 0.306 e. The lowest BCUT2D eigenvalue weighted by molar-refractivity contribution is -0.144. The summed E-state index contributed by atoms with van der Waals surface area (Å²) in [5, 5.41) is 0.570. The monoisotopic (exact) mass is 375 g/mol. The van der Waals surface area contributed by atoms with Crippen LogP contribution >= 0.6 is 11.6 Å². The third-order valence-electron chi connectivity index (χ3n) is 5.02. The Kier molecular flexibility index (Phi) is 4.93. The van der Waals surface area contributed by atoms with Crippen molar-refractivity contribution in [3.63, 3.8) is 0 Å². The van der Waals surface area contributed by atoms with Crippen molar-refractivity contribution in [2.45, 2.75) is 39.7 Å². The molecule has 6 heteroatoms. The molecule has 5 nitrogen and oxygen atoms in total. The summed E-state index contributed by atoms with van der Waals surface area (Å²) in [6.07, 6.45) is 0.873. The van der Waals surface area contributed by atoms with Crippen LogP contribution in [0.5, 0.6) is 0 Å². The molecular formula is C20H22ClNO4. The van der Waals surface area contributed by atoms with Crippen LogP contribution in [0.4, 0.5) is 0 Å². The van der Waals surface area contributed by atoms with Gasteiger partial charge in [-0.1, -0.05) is 43.6 Å². The van der Waals surface area contributed by atoms with Crippen molar-refractivity contribution in [2.75, 3.05) is 7.11 Å². The van der Waals surface area contributed by atoms with E-state index in [4.69, 9.17) is 16.3 Å². The summed E-state index contributed by atoms with van der Waals surface area (Å²) >= 11 is 6.26. The molecule has 0 aromatic heterocycles. The number of rotatable bonds is 4. The Hall–Kier alpha value is -2.14. The molecule has 0 saturated heterocycles. The molecule has 0 N–H and O–H groups in total. The summed E-state index contributed by atoms with van der Waals surface area (Å²) in [5.41, 5.74) is 1.79. The van der Waals surface area contributed by atoms with E-state index in [1.54, 1.807) is 11.0 Å². The predicted molar refractivity (Wildman–Crippen MR) is 97.2 cm³/mol. The maximum Gasteiger partial charge on any atom is 0.306 e. The number of ketones is 1. The van der Waals surface area contributed by atoms with Gasteiger partial charge in [-0.3, -0.25) is 14.4 Å². The van der Waals surface area contributed by atoms with Gasteiger partial charge >= 0.3 is 5.97 Å². The van der Waals surface area contributed by atoms with Crippen molar-refractivity contribution < 1.29 is 19.1 Å². The lowest BCUT2D eigenvalue weighted by atomic mass is 9.74. The number of hydrogen-bond donors (Lipinski definition) is 0. The normalized spacial score (nSPS) is 21.8. The number of hydrogen-bond acceptors (Lipinski definition) is 4. The second kappa shape index (κ2) is 6.88. The Balaban J connectivity index is 2.01. The number of halogens is 1. The molecule has 138 valence electrons. The van der Waals surface area contributed by atoms with Crippen LogP contribution in [-0.4, -0.2) is 29.7 Å². The van der Waals surface area contributed by atoms with Gasteiger partial charge in [-0.15, -0.1) is 0 Å². The molecule has 0 fully saturated rings. The minimum absolute atomic E-state index is 0.0554. The number of carbonyl (C=O) groups is 3. The van der Waals surface area contributed by atoms with Crippen molar-refractivity contribution in [3.05, 3.63) is 46.1 Å². The Bertz CT molecular complexity index is 812. The average molecular weight is 376 g/mol. The first-order valence-corrected chi connectivity index (χ1v) is 8.99. The topological polar surface area (TPSA) is 63.7 Å². The molecule has 0 spiro atoms. The molecule has 0 radical (unpaired) electrons. The molecule has 26 heavy (non-hydrogen) atoms. The molecular weight excluding hydrogens is 354 g/mol. The predicted octanol–water partition coefficient (Wildman–Crippen LogP) is 3.50. The number of ether oxygens (including phenoxy) is 1. The van der Waals surface area contributed by atoms with Gasteiger partial charge in [0.05, 0.1) is 26.0 Å². The number of amides is 1. The first kappa shape index (κ1) is 18.6. The average Bonchev–Trinajstić information content (AvgIpc) is 2.81. The van der Waals surface area contributed by atoms with Crippen LogP contribution in [0.15, 0.2) is 35.5 Å². The molecule has 1 atom stereocenters. The number of carbonyl (C=O) groups excluding carboxylic acids is 3. The fourth-order valence-corrected chi connectivity index (χ4v) is 3.99. The van der Waals surface area contributed by atoms with Gasteiger partial charge in [0, 0.05) is 22.7 Å². The van der Waals surface area contributed by atoms with Gasteiger partial charge in [-0.2, -0.15) is 0 Å². The van der Waals surface area contributed by atoms with Gasteiger partial charge < -0.3 is 9.64 Å². The molecule has 0 bridgehead atoms. The Labute approximate surface area is 158 Å². The zero-order valence-electron chi connectivity index (χ0n) is 15.2. The minimum atomic E-state index is -0.761. The highest BCUT2D eigenvalue weighted by molar-refractivity contribution is 6.31. The Morgan fingerprint density at radius 1 is 1.27 bits per heavy atom. The molecule has 1 aromatic rings. The van der Waals surface area contributed by atoms with E-state index in [-0.39, 0.29) is 23.5 Å².